The molecule has 32 heavy (non-hydrogen) atoms. The van der Waals surface area contributed by atoms with E-state index in [1.54, 1.807) is 35.2 Å². The van der Waals surface area contributed by atoms with Crippen molar-refractivity contribution < 1.29 is 13.9 Å². The number of halogens is 1. The van der Waals surface area contributed by atoms with Crippen molar-refractivity contribution in [3.8, 4) is 28.8 Å². The number of pyridine rings is 1. The summed E-state index contributed by atoms with van der Waals surface area (Å²) in [5.41, 5.74) is 2.81. The lowest BCUT2D eigenvalue weighted by molar-refractivity contribution is 0.217. The Bertz CT molecular complexity index is 1130. The van der Waals surface area contributed by atoms with Crippen LogP contribution in [0, 0.1) is 17.1 Å². The molecule has 1 saturated heterocycles. The zero-order valence-electron chi connectivity index (χ0n) is 17.3. The molecule has 0 saturated carbocycles. The molecule has 1 aliphatic rings. The Hall–Kier alpha value is -3.96. The molecule has 0 bridgehead atoms. The summed E-state index contributed by atoms with van der Waals surface area (Å²) >= 11 is 0. The van der Waals surface area contributed by atoms with Gasteiger partial charge in [-0.05, 0) is 66.2 Å². The number of carbonyl (C=O) groups excluding carboxylic acids is 1. The topological polar surface area (TPSA) is 90.3 Å². The van der Waals surface area contributed by atoms with Crippen LogP contribution in [0.3, 0.4) is 0 Å². The SMILES string of the molecule is N#Cc1cc(CNCCN2CCNC2=O)cc(-c2ccc(Oc3ccc(F)cc3)cc2)n1. The molecule has 2 heterocycles. The second kappa shape index (κ2) is 9.90. The number of hydrogen-bond donors (Lipinski definition) is 2. The largest absolute Gasteiger partial charge is 0.457 e. The van der Waals surface area contributed by atoms with Gasteiger partial charge in [-0.15, -0.1) is 0 Å². The van der Waals surface area contributed by atoms with Gasteiger partial charge in [0.2, 0.25) is 0 Å². The van der Waals surface area contributed by atoms with Gasteiger partial charge in [0, 0.05) is 38.3 Å². The van der Waals surface area contributed by atoms with Crippen molar-refractivity contribution in [3.63, 3.8) is 0 Å². The highest BCUT2D eigenvalue weighted by molar-refractivity contribution is 5.76. The van der Waals surface area contributed by atoms with Crippen LogP contribution in [0.2, 0.25) is 0 Å². The standard InChI is InChI=1S/C24H22FN5O2/c25-19-3-7-22(8-4-19)32-21-5-1-18(2-6-21)23-14-17(13-20(15-26)29-23)16-27-9-11-30-12-10-28-24(30)31/h1-8,13-14,27H,9-12,16H2,(H,28,31). The second-order valence-corrected chi connectivity index (χ2v) is 7.33. The first-order chi connectivity index (χ1) is 15.6. The summed E-state index contributed by atoms with van der Waals surface area (Å²) in [6.45, 7) is 3.25. The van der Waals surface area contributed by atoms with Crippen LogP contribution >= 0.6 is 0 Å². The van der Waals surface area contributed by atoms with Gasteiger partial charge < -0.3 is 20.3 Å². The van der Waals surface area contributed by atoms with Crippen LogP contribution in [0.1, 0.15) is 11.3 Å². The Morgan fingerprint density at radius 1 is 1.12 bits per heavy atom. The predicted molar refractivity (Wildman–Crippen MR) is 118 cm³/mol. The third-order valence-electron chi connectivity index (χ3n) is 5.03. The van der Waals surface area contributed by atoms with Gasteiger partial charge in [0.25, 0.3) is 0 Å². The molecule has 0 unspecified atom stereocenters. The lowest BCUT2D eigenvalue weighted by Gasteiger charge is -2.14. The first kappa shape index (κ1) is 21.3. The second-order valence-electron chi connectivity index (χ2n) is 7.33. The monoisotopic (exact) mass is 431 g/mol. The van der Waals surface area contributed by atoms with Crippen molar-refractivity contribution in [1.29, 1.82) is 5.26 Å². The molecule has 4 rings (SSSR count). The van der Waals surface area contributed by atoms with E-state index < -0.39 is 0 Å². The van der Waals surface area contributed by atoms with E-state index in [-0.39, 0.29) is 11.8 Å². The average molecular weight is 431 g/mol. The maximum atomic E-state index is 13.0. The molecule has 1 aromatic heterocycles. The van der Waals surface area contributed by atoms with E-state index in [2.05, 4.69) is 21.7 Å². The van der Waals surface area contributed by atoms with Crippen molar-refractivity contribution in [1.82, 2.24) is 20.5 Å². The fourth-order valence-electron chi connectivity index (χ4n) is 3.40. The van der Waals surface area contributed by atoms with Crippen molar-refractivity contribution in [2.24, 2.45) is 0 Å². The molecule has 7 nitrogen and oxygen atoms in total. The first-order valence-corrected chi connectivity index (χ1v) is 10.3. The number of carbonyl (C=O) groups is 1. The van der Waals surface area contributed by atoms with Crippen LogP contribution in [0.4, 0.5) is 9.18 Å². The zero-order chi connectivity index (χ0) is 22.3. The lowest BCUT2D eigenvalue weighted by Crippen LogP contribution is -2.34. The van der Waals surface area contributed by atoms with Gasteiger partial charge in [-0.2, -0.15) is 5.26 Å². The van der Waals surface area contributed by atoms with Crippen LogP contribution in [0.25, 0.3) is 11.3 Å². The minimum Gasteiger partial charge on any atom is -0.457 e. The van der Waals surface area contributed by atoms with Gasteiger partial charge in [-0.3, -0.25) is 0 Å². The number of nitrogens with zero attached hydrogens (tertiary/aromatic N) is 3. The van der Waals surface area contributed by atoms with E-state index in [0.29, 0.717) is 49.1 Å². The molecule has 162 valence electrons. The molecule has 0 spiro atoms. The number of hydrogen-bond acceptors (Lipinski definition) is 5. The Kier molecular flexibility index (Phi) is 6.58. The third kappa shape index (κ3) is 5.39. The third-order valence-corrected chi connectivity index (χ3v) is 5.03. The van der Waals surface area contributed by atoms with Gasteiger partial charge in [0.1, 0.15) is 29.1 Å². The van der Waals surface area contributed by atoms with E-state index in [1.165, 1.54) is 12.1 Å². The summed E-state index contributed by atoms with van der Waals surface area (Å²) in [6.07, 6.45) is 0. The first-order valence-electron chi connectivity index (χ1n) is 10.3. The highest BCUT2D eigenvalue weighted by Gasteiger charge is 2.18. The number of benzene rings is 2. The summed E-state index contributed by atoms with van der Waals surface area (Å²) in [4.78, 5) is 17.8. The van der Waals surface area contributed by atoms with Crippen LogP contribution in [-0.2, 0) is 6.54 Å². The molecule has 0 atom stereocenters. The summed E-state index contributed by atoms with van der Waals surface area (Å²) < 4.78 is 18.8. The molecule has 0 aliphatic carbocycles. The molecule has 2 aromatic carbocycles. The fraction of sp³-hybridized carbons (Fsp3) is 0.208. The van der Waals surface area contributed by atoms with Crippen LogP contribution < -0.4 is 15.4 Å². The normalized spacial score (nSPS) is 13.0. The number of nitriles is 1. The number of urea groups is 1. The molecule has 2 N–H and O–H groups in total. The predicted octanol–water partition coefficient (Wildman–Crippen LogP) is 3.67. The van der Waals surface area contributed by atoms with Gasteiger partial charge in [-0.25, -0.2) is 14.2 Å². The molecule has 0 radical (unpaired) electrons. The highest BCUT2D eigenvalue weighted by Crippen LogP contribution is 2.26. The van der Waals surface area contributed by atoms with Gasteiger partial charge in [-0.1, -0.05) is 0 Å². The van der Waals surface area contributed by atoms with Crippen molar-refractivity contribution in [2.45, 2.75) is 6.54 Å². The Labute approximate surface area is 185 Å². The average Bonchev–Trinajstić information content (AvgIpc) is 3.23. The van der Waals surface area contributed by atoms with E-state index >= 15 is 0 Å². The van der Waals surface area contributed by atoms with Crippen molar-refractivity contribution in [3.05, 3.63) is 77.7 Å². The minimum absolute atomic E-state index is 0.0309. The summed E-state index contributed by atoms with van der Waals surface area (Å²) in [5.74, 6) is 0.844. The van der Waals surface area contributed by atoms with Crippen LogP contribution in [-0.4, -0.2) is 42.1 Å². The Balaban J connectivity index is 1.40. The van der Waals surface area contributed by atoms with Gasteiger partial charge in [0.15, 0.2) is 0 Å². The van der Waals surface area contributed by atoms with E-state index in [4.69, 9.17) is 4.74 Å². The number of ether oxygens (including phenoxy) is 1. The number of rotatable bonds is 8. The van der Waals surface area contributed by atoms with Crippen molar-refractivity contribution >= 4 is 6.03 Å². The molecule has 3 aromatic rings. The number of aromatic nitrogens is 1. The summed E-state index contributed by atoms with van der Waals surface area (Å²) in [5, 5.41) is 15.5. The fourth-order valence-corrected chi connectivity index (χ4v) is 3.40. The van der Waals surface area contributed by atoms with Gasteiger partial charge in [0.05, 0.1) is 5.69 Å². The van der Waals surface area contributed by atoms with Gasteiger partial charge >= 0.3 is 6.03 Å². The van der Waals surface area contributed by atoms with Crippen LogP contribution in [0.5, 0.6) is 11.5 Å². The molecule has 2 amide bonds. The lowest BCUT2D eigenvalue weighted by atomic mass is 10.1. The molecule has 8 heteroatoms. The van der Waals surface area contributed by atoms with E-state index in [0.717, 1.165) is 17.7 Å². The minimum atomic E-state index is -0.317. The summed E-state index contributed by atoms with van der Waals surface area (Å²) in [7, 11) is 0. The van der Waals surface area contributed by atoms with E-state index in [1.807, 2.05) is 18.2 Å². The quantitative estimate of drug-likeness (QED) is 0.531. The zero-order valence-corrected chi connectivity index (χ0v) is 17.3. The van der Waals surface area contributed by atoms with Crippen LogP contribution in [0.15, 0.2) is 60.7 Å². The molecule has 1 fully saturated rings. The molecular weight excluding hydrogens is 409 g/mol. The molecular formula is C24H22FN5O2. The van der Waals surface area contributed by atoms with Crippen molar-refractivity contribution in [2.75, 3.05) is 26.2 Å². The maximum absolute atomic E-state index is 13.0. The number of nitrogens with one attached hydrogen (secondary N) is 2. The smallest absolute Gasteiger partial charge is 0.317 e. The molecule has 1 aliphatic heterocycles. The number of amides is 2. The highest BCUT2D eigenvalue weighted by atomic mass is 19.1. The Morgan fingerprint density at radius 2 is 1.84 bits per heavy atom. The maximum Gasteiger partial charge on any atom is 0.317 e. The Morgan fingerprint density at radius 3 is 2.50 bits per heavy atom. The summed E-state index contributed by atoms with van der Waals surface area (Å²) in [6, 6.07) is 18.9. The van der Waals surface area contributed by atoms with E-state index in [9.17, 15) is 14.4 Å².